The Morgan fingerprint density at radius 2 is 1.83 bits per heavy atom. The number of aliphatic imine (C=N–C) groups is 1. The molecule has 158 valence electrons. The molecule has 0 spiro atoms. The van der Waals surface area contributed by atoms with Gasteiger partial charge in [0, 0.05) is 20.2 Å². The van der Waals surface area contributed by atoms with Crippen LogP contribution in [0.4, 0.5) is 5.69 Å². The molecule has 0 aliphatic carbocycles. The zero-order valence-corrected chi connectivity index (χ0v) is 19.2. The van der Waals surface area contributed by atoms with Crippen molar-refractivity contribution in [3.63, 3.8) is 0 Å². The average molecular weight is 397 g/mol. The van der Waals surface area contributed by atoms with E-state index < -0.39 is 0 Å². The molecule has 0 heterocycles. The normalized spacial score (nSPS) is 13.7. The highest BCUT2D eigenvalue weighted by atomic mass is 16.5. The van der Waals surface area contributed by atoms with Crippen molar-refractivity contribution in [3.05, 3.63) is 53.1 Å². The van der Waals surface area contributed by atoms with Gasteiger partial charge in [-0.1, -0.05) is 26.0 Å². The van der Waals surface area contributed by atoms with Crippen LogP contribution in [-0.2, 0) is 10.3 Å². The molecular formula is C25H36N2O2. The smallest absolute Gasteiger partial charge is 0.130 e. The van der Waals surface area contributed by atoms with Crippen LogP contribution in [0.5, 0.6) is 11.5 Å². The average Bonchev–Trinajstić information content (AvgIpc) is 2.69. The fourth-order valence-corrected chi connectivity index (χ4v) is 3.14. The van der Waals surface area contributed by atoms with Gasteiger partial charge in [-0.25, -0.2) is 4.99 Å². The Hall–Kier alpha value is -2.33. The molecule has 0 bridgehead atoms. The molecule has 0 fully saturated rings. The second-order valence-corrected chi connectivity index (χ2v) is 8.05. The Kier molecular flexibility index (Phi) is 7.86. The first-order valence-electron chi connectivity index (χ1n) is 10.5. The summed E-state index contributed by atoms with van der Waals surface area (Å²) in [7, 11) is 2.02. The molecule has 4 nitrogen and oxygen atoms in total. The third-order valence-corrected chi connectivity index (χ3v) is 5.57. The quantitative estimate of drug-likeness (QED) is 0.353. The Morgan fingerprint density at radius 1 is 1.10 bits per heavy atom. The van der Waals surface area contributed by atoms with E-state index in [1.54, 1.807) is 0 Å². The van der Waals surface area contributed by atoms with E-state index in [9.17, 15) is 0 Å². The minimum atomic E-state index is -0.344. The van der Waals surface area contributed by atoms with Crippen molar-refractivity contribution in [2.75, 3.05) is 20.2 Å². The predicted octanol–water partition coefficient (Wildman–Crippen LogP) is 6.61. The molecule has 0 aliphatic heterocycles. The Morgan fingerprint density at radius 3 is 2.45 bits per heavy atom. The largest absolute Gasteiger partial charge is 0.457 e. The van der Waals surface area contributed by atoms with Gasteiger partial charge >= 0.3 is 0 Å². The highest BCUT2D eigenvalue weighted by molar-refractivity contribution is 5.64. The SMILES string of the molecule is CCOC(C)(c1cccc(Oc2cc(C)c(N=CN(C)CC)cc2C)c1)C(C)C. The second-order valence-electron chi connectivity index (χ2n) is 8.05. The summed E-state index contributed by atoms with van der Waals surface area (Å²) in [6.45, 7) is 16.4. The molecule has 0 aromatic heterocycles. The van der Waals surface area contributed by atoms with Gasteiger partial charge in [0.05, 0.1) is 17.6 Å². The van der Waals surface area contributed by atoms with Gasteiger partial charge in [0.15, 0.2) is 0 Å². The van der Waals surface area contributed by atoms with Gasteiger partial charge in [0.25, 0.3) is 0 Å². The lowest BCUT2D eigenvalue weighted by Gasteiger charge is -2.34. The Bertz CT molecular complexity index is 845. The Labute approximate surface area is 176 Å². The predicted molar refractivity (Wildman–Crippen MR) is 123 cm³/mol. The molecule has 0 aliphatic rings. The summed E-state index contributed by atoms with van der Waals surface area (Å²) < 4.78 is 12.4. The van der Waals surface area contributed by atoms with Crippen molar-refractivity contribution in [2.45, 2.75) is 54.1 Å². The number of benzene rings is 2. The third-order valence-electron chi connectivity index (χ3n) is 5.57. The van der Waals surface area contributed by atoms with E-state index in [1.165, 1.54) is 0 Å². The number of nitrogens with zero attached hydrogens (tertiary/aromatic N) is 2. The molecule has 2 rings (SSSR count). The van der Waals surface area contributed by atoms with Crippen LogP contribution < -0.4 is 4.74 Å². The van der Waals surface area contributed by atoms with Crippen LogP contribution in [-0.4, -0.2) is 31.4 Å². The molecule has 0 radical (unpaired) electrons. The molecule has 0 N–H and O–H groups in total. The summed E-state index contributed by atoms with van der Waals surface area (Å²) in [6, 6.07) is 12.4. The van der Waals surface area contributed by atoms with Crippen LogP contribution in [0.1, 0.15) is 51.3 Å². The van der Waals surface area contributed by atoms with Crippen LogP contribution in [0.25, 0.3) is 0 Å². The van der Waals surface area contributed by atoms with E-state index >= 15 is 0 Å². The fraction of sp³-hybridized carbons (Fsp3) is 0.480. The van der Waals surface area contributed by atoms with Crippen LogP contribution in [0, 0.1) is 19.8 Å². The lowest BCUT2D eigenvalue weighted by atomic mass is 9.85. The van der Waals surface area contributed by atoms with Gasteiger partial charge < -0.3 is 14.4 Å². The highest BCUT2D eigenvalue weighted by Gasteiger charge is 2.31. The summed E-state index contributed by atoms with van der Waals surface area (Å²) in [4.78, 5) is 6.65. The maximum absolute atomic E-state index is 6.27. The zero-order chi connectivity index (χ0) is 21.6. The topological polar surface area (TPSA) is 34.1 Å². The first-order chi connectivity index (χ1) is 13.7. The molecule has 2 aromatic carbocycles. The Balaban J connectivity index is 2.31. The molecule has 2 aromatic rings. The van der Waals surface area contributed by atoms with Gasteiger partial charge in [-0.2, -0.15) is 0 Å². The minimum Gasteiger partial charge on any atom is -0.457 e. The molecule has 0 saturated heterocycles. The van der Waals surface area contributed by atoms with Crippen molar-refractivity contribution in [2.24, 2.45) is 10.9 Å². The fourth-order valence-electron chi connectivity index (χ4n) is 3.14. The van der Waals surface area contributed by atoms with E-state index in [2.05, 4.69) is 75.7 Å². The number of rotatable bonds is 9. The monoisotopic (exact) mass is 396 g/mol. The minimum absolute atomic E-state index is 0.344. The highest BCUT2D eigenvalue weighted by Crippen LogP contribution is 2.37. The van der Waals surface area contributed by atoms with Gasteiger partial charge in [-0.15, -0.1) is 0 Å². The van der Waals surface area contributed by atoms with Gasteiger partial charge in [0.2, 0.25) is 0 Å². The van der Waals surface area contributed by atoms with E-state index in [-0.39, 0.29) is 5.60 Å². The first-order valence-corrected chi connectivity index (χ1v) is 10.5. The first kappa shape index (κ1) is 23.0. The van der Waals surface area contributed by atoms with Crippen LogP contribution >= 0.6 is 0 Å². The molecular weight excluding hydrogens is 360 g/mol. The molecule has 29 heavy (non-hydrogen) atoms. The van der Waals surface area contributed by atoms with E-state index in [1.807, 2.05) is 32.4 Å². The maximum atomic E-state index is 6.27. The molecule has 1 unspecified atom stereocenters. The van der Waals surface area contributed by atoms with Gasteiger partial charge in [-0.05, 0) is 81.5 Å². The maximum Gasteiger partial charge on any atom is 0.130 e. The second kappa shape index (κ2) is 9.93. The molecule has 0 saturated carbocycles. The molecule has 0 amide bonds. The van der Waals surface area contributed by atoms with E-state index in [4.69, 9.17) is 9.47 Å². The number of hydrogen-bond donors (Lipinski definition) is 0. The molecule has 1 atom stereocenters. The zero-order valence-electron chi connectivity index (χ0n) is 19.2. The van der Waals surface area contributed by atoms with Crippen molar-refractivity contribution in [1.82, 2.24) is 4.90 Å². The summed E-state index contributed by atoms with van der Waals surface area (Å²) in [5.74, 6) is 2.02. The lowest BCUT2D eigenvalue weighted by Crippen LogP contribution is -2.32. The van der Waals surface area contributed by atoms with Crippen LogP contribution in [0.2, 0.25) is 0 Å². The van der Waals surface area contributed by atoms with Gasteiger partial charge in [0.1, 0.15) is 11.5 Å². The lowest BCUT2D eigenvalue weighted by molar-refractivity contribution is -0.0644. The van der Waals surface area contributed by atoms with Crippen LogP contribution in [0.15, 0.2) is 41.4 Å². The summed E-state index contributed by atoms with van der Waals surface area (Å²) in [6.07, 6.45) is 1.87. The molecule has 4 heteroatoms. The number of aryl methyl sites for hydroxylation is 2. The van der Waals surface area contributed by atoms with E-state index in [0.29, 0.717) is 12.5 Å². The van der Waals surface area contributed by atoms with Gasteiger partial charge in [-0.3, -0.25) is 0 Å². The van der Waals surface area contributed by atoms with E-state index in [0.717, 1.165) is 40.4 Å². The number of ether oxygens (including phenoxy) is 2. The van der Waals surface area contributed by atoms with Crippen molar-refractivity contribution in [3.8, 4) is 11.5 Å². The van der Waals surface area contributed by atoms with Crippen LogP contribution in [0.3, 0.4) is 0 Å². The van der Waals surface area contributed by atoms with Crippen molar-refractivity contribution >= 4 is 12.0 Å². The summed E-state index contributed by atoms with van der Waals surface area (Å²) in [5.41, 5.74) is 3.90. The summed E-state index contributed by atoms with van der Waals surface area (Å²) in [5, 5.41) is 0. The third kappa shape index (κ3) is 5.60. The summed E-state index contributed by atoms with van der Waals surface area (Å²) >= 11 is 0. The standard InChI is InChI=1S/C25H36N2O2/c1-9-27(8)17-26-23-14-20(6)24(15-19(23)5)29-22-13-11-12-21(16-22)25(7,18(3)4)28-10-2/h11-18H,9-10H2,1-8H3. The van der Waals surface area contributed by atoms with Crippen molar-refractivity contribution < 1.29 is 9.47 Å². The van der Waals surface area contributed by atoms with Crippen molar-refractivity contribution in [1.29, 1.82) is 0 Å². The number of hydrogen-bond acceptors (Lipinski definition) is 3.